The van der Waals surface area contributed by atoms with Crippen LogP contribution in [-0.4, -0.2) is 31.6 Å². The van der Waals surface area contributed by atoms with Crippen LogP contribution < -0.4 is 11.1 Å². The zero-order chi connectivity index (χ0) is 12.4. The zero-order valence-electron chi connectivity index (χ0n) is 10.1. The molecule has 0 fully saturated rings. The van der Waals surface area contributed by atoms with Crippen molar-refractivity contribution < 1.29 is 14.3 Å². The number of amides is 1. The predicted octanol–water partition coefficient (Wildman–Crippen LogP) is 0.431. The largest absolute Gasteiger partial charge is 0.466 e. The molecule has 5 nitrogen and oxygen atoms in total. The second-order valence-corrected chi connectivity index (χ2v) is 3.68. The Labute approximate surface area is 96.7 Å². The van der Waals surface area contributed by atoms with E-state index in [0.717, 1.165) is 12.8 Å². The summed E-state index contributed by atoms with van der Waals surface area (Å²) < 4.78 is 4.74. The maximum atomic E-state index is 11.5. The number of hydrogen-bond donors (Lipinski definition) is 2. The van der Waals surface area contributed by atoms with E-state index in [9.17, 15) is 9.59 Å². The van der Waals surface area contributed by atoms with E-state index < -0.39 is 0 Å². The van der Waals surface area contributed by atoms with Crippen molar-refractivity contribution in [1.82, 2.24) is 5.32 Å². The number of carbonyl (C=O) groups is 2. The minimum Gasteiger partial charge on any atom is -0.466 e. The number of rotatable bonds is 8. The number of esters is 1. The third-order valence-corrected chi connectivity index (χ3v) is 2.22. The lowest BCUT2D eigenvalue weighted by atomic mass is 10.1. The lowest BCUT2D eigenvalue weighted by molar-refractivity contribution is -0.143. The van der Waals surface area contributed by atoms with Crippen LogP contribution in [0.25, 0.3) is 0 Å². The molecule has 1 atom stereocenters. The van der Waals surface area contributed by atoms with Crippen molar-refractivity contribution in [2.45, 2.75) is 33.1 Å². The molecule has 3 N–H and O–H groups in total. The van der Waals surface area contributed by atoms with Gasteiger partial charge in [-0.25, -0.2) is 0 Å². The van der Waals surface area contributed by atoms with Gasteiger partial charge >= 0.3 is 5.97 Å². The smallest absolute Gasteiger partial charge is 0.307 e. The van der Waals surface area contributed by atoms with E-state index in [4.69, 9.17) is 10.5 Å². The zero-order valence-corrected chi connectivity index (χ0v) is 10.1. The molecule has 0 radical (unpaired) electrons. The lowest BCUT2D eigenvalue weighted by Gasteiger charge is -2.11. The SMILES string of the molecule is CCOC(=O)CCNC(=O)C(C)CCCN. The Hall–Kier alpha value is -1.10. The summed E-state index contributed by atoms with van der Waals surface area (Å²) in [6.07, 6.45) is 1.84. The molecular formula is C11H22N2O3. The van der Waals surface area contributed by atoms with Crippen molar-refractivity contribution in [1.29, 1.82) is 0 Å². The molecule has 0 aliphatic heterocycles. The molecule has 0 heterocycles. The summed E-state index contributed by atoms with van der Waals surface area (Å²) in [5.74, 6) is -0.360. The minimum absolute atomic E-state index is 0.0299. The second-order valence-electron chi connectivity index (χ2n) is 3.68. The number of ether oxygens (including phenoxy) is 1. The average Bonchev–Trinajstić information content (AvgIpc) is 2.26. The molecule has 0 saturated heterocycles. The summed E-state index contributed by atoms with van der Waals surface area (Å²) in [6, 6.07) is 0. The van der Waals surface area contributed by atoms with Gasteiger partial charge in [0.05, 0.1) is 13.0 Å². The molecular weight excluding hydrogens is 208 g/mol. The Kier molecular flexibility index (Phi) is 8.52. The van der Waals surface area contributed by atoms with Crippen LogP contribution in [0.2, 0.25) is 0 Å². The van der Waals surface area contributed by atoms with Crippen molar-refractivity contribution in [2.75, 3.05) is 19.7 Å². The summed E-state index contributed by atoms with van der Waals surface area (Å²) in [5, 5.41) is 2.70. The van der Waals surface area contributed by atoms with Gasteiger partial charge in [-0.15, -0.1) is 0 Å². The molecule has 5 heteroatoms. The molecule has 0 aromatic carbocycles. The molecule has 0 aliphatic carbocycles. The van der Waals surface area contributed by atoms with Gasteiger partial charge in [-0.05, 0) is 26.3 Å². The van der Waals surface area contributed by atoms with Crippen molar-refractivity contribution in [3.05, 3.63) is 0 Å². The molecule has 0 spiro atoms. The van der Waals surface area contributed by atoms with Crippen LogP contribution in [0, 0.1) is 5.92 Å². The van der Waals surface area contributed by atoms with Gasteiger partial charge in [-0.2, -0.15) is 0 Å². The van der Waals surface area contributed by atoms with Crippen molar-refractivity contribution in [3.63, 3.8) is 0 Å². The summed E-state index contributed by atoms with van der Waals surface area (Å²) >= 11 is 0. The highest BCUT2D eigenvalue weighted by Gasteiger charge is 2.12. The summed E-state index contributed by atoms with van der Waals surface area (Å²) in [6.45, 7) is 4.92. The summed E-state index contributed by atoms with van der Waals surface area (Å²) in [5.41, 5.74) is 5.36. The Morgan fingerprint density at radius 3 is 2.69 bits per heavy atom. The predicted molar refractivity (Wildman–Crippen MR) is 61.7 cm³/mol. The summed E-state index contributed by atoms with van der Waals surface area (Å²) in [7, 11) is 0. The molecule has 0 aliphatic rings. The standard InChI is InChI=1S/C11H22N2O3/c1-3-16-10(14)6-8-13-11(15)9(2)5-4-7-12/h9H,3-8,12H2,1-2H3,(H,13,15). The highest BCUT2D eigenvalue weighted by molar-refractivity contribution is 5.79. The van der Waals surface area contributed by atoms with E-state index in [0.29, 0.717) is 19.7 Å². The fraction of sp³-hybridized carbons (Fsp3) is 0.818. The van der Waals surface area contributed by atoms with E-state index in [2.05, 4.69) is 5.32 Å². The monoisotopic (exact) mass is 230 g/mol. The molecule has 0 rings (SSSR count). The summed E-state index contributed by atoms with van der Waals surface area (Å²) in [4.78, 5) is 22.5. The Morgan fingerprint density at radius 1 is 1.44 bits per heavy atom. The molecule has 0 bridgehead atoms. The van der Waals surface area contributed by atoms with Crippen LogP contribution in [0.4, 0.5) is 0 Å². The van der Waals surface area contributed by atoms with E-state index in [1.54, 1.807) is 6.92 Å². The van der Waals surface area contributed by atoms with Gasteiger partial charge in [-0.1, -0.05) is 6.92 Å². The van der Waals surface area contributed by atoms with E-state index in [1.807, 2.05) is 6.92 Å². The highest BCUT2D eigenvalue weighted by Crippen LogP contribution is 2.04. The third-order valence-electron chi connectivity index (χ3n) is 2.22. The van der Waals surface area contributed by atoms with Crippen LogP contribution in [0.15, 0.2) is 0 Å². The number of nitrogens with one attached hydrogen (secondary N) is 1. The van der Waals surface area contributed by atoms with Gasteiger partial charge in [0.15, 0.2) is 0 Å². The normalized spacial score (nSPS) is 11.9. The minimum atomic E-state index is -0.280. The molecule has 0 aromatic rings. The number of carbonyl (C=O) groups excluding carboxylic acids is 2. The first kappa shape index (κ1) is 14.9. The van der Waals surface area contributed by atoms with Gasteiger partial charge in [0.1, 0.15) is 0 Å². The van der Waals surface area contributed by atoms with E-state index >= 15 is 0 Å². The molecule has 0 saturated carbocycles. The fourth-order valence-electron chi connectivity index (χ4n) is 1.25. The number of nitrogens with two attached hydrogens (primary N) is 1. The second kappa shape index (κ2) is 9.15. The Morgan fingerprint density at radius 2 is 2.12 bits per heavy atom. The van der Waals surface area contributed by atoms with Gasteiger partial charge < -0.3 is 15.8 Å². The first-order chi connectivity index (χ1) is 7.61. The lowest BCUT2D eigenvalue weighted by Crippen LogP contribution is -2.31. The van der Waals surface area contributed by atoms with Gasteiger partial charge in [-0.3, -0.25) is 9.59 Å². The van der Waals surface area contributed by atoms with Crippen LogP contribution in [0.1, 0.15) is 33.1 Å². The van der Waals surface area contributed by atoms with Crippen molar-refractivity contribution in [3.8, 4) is 0 Å². The maximum absolute atomic E-state index is 11.5. The average molecular weight is 230 g/mol. The molecule has 0 aromatic heterocycles. The van der Waals surface area contributed by atoms with Gasteiger partial charge in [0, 0.05) is 12.5 Å². The third kappa shape index (κ3) is 7.23. The molecule has 94 valence electrons. The van der Waals surface area contributed by atoms with Gasteiger partial charge in [0.25, 0.3) is 0 Å². The van der Waals surface area contributed by atoms with Crippen LogP contribution >= 0.6 is 0 Å². The highest BCUT2D eigenvalue weighted by atomic mass is 16.5. The van der Waals surface area contributed by atoms with E-state index in [1.165, 1.54) is 0 Å². The maximum Gasteiger partial charge on any atom is 0.307 e. The topological polar surface area (TPSA) is 81.4 Å². The fourth-order valence-corrected chi connectivity index (χ4v) is 1.25. The van der Waals surface area contributed by atoms with Crippen LogP contribution in [0.3, 0.4) is 0 Å². The molecule has 16 heavy (non-hydrogen) atoms. The Balaban J connectivity index is 3.60. The Bertz CT molecular complexity index is 219. The first-order valence-electron chi connectivity index (χ1n) is 5.75. The first-order valence-corrected chi connectivity index (χ1v) is 5.75. The van der Waals surface area contributed by atoms with Crippen molar-refractivity contribution in [2.24, 2.45) is 11.7 Å². The number of hydrogen-bond acceptors (Lipinski definition) is 4. The van der Waals surface area contributed by atoms with E-state index in [-0.39, 0.29) is 24.2 Å². The van der Waals surface area contributed by atoms with Crippen molar-refractivity contribution >= 4 is 11.9 Å². The molecule has 1 amide bonds. The van der Waals surface area contributed by atoms with Crippen LogP contribution in [-0.2, 0) is 14.3 Å². The van der Waals surface area contributed by atoms with Gasteiger partial charge in [0.2, 0.25) is 5.91 Å². The quantitative estimate of drug-likeness (QED) is 0.592. The van der Waals surface area contributed by atoms with Crippen LogP contribution in [0.5, 0.6) is 0 Å². The molecule has 1 unspecified atom stereocenters.